The highest BCUT2D eigenvalue weighted by Crippen LogP contribution is 2.36. The molecule has 5 rings (SSSR count). The highest BCUT2D eigenvalue weighted by Gasteiger charge is 2.13. The third-order valence-electron chi connectivity index (χ3n) is 5.02. The van der Waals surface area contributed by atoms with Crippen LogP contribution in [-0.4, -0.2) is 9.97 Å². The van der Waals surface area contributed by atoms with Gasteiger partial charge in [0, 0.05) is 34.4 Å². The Labute approximate surface area is 168 Å². The molecule has 3 aromatic carbocycles. The van der Waals surface area contributed by atoms with E-state index in [1.54, 1.807) is 0 Å². The monoisotopic (exact) mass is 377 g/mol. The summed E-state index contributed by atoms with van der Waals surface area (Å²) in [7, 11) is 0. The maximum Gasteiger partial charge on any atom is 0.158 e. The Hall–Kier alpha value is -3.92. The van der Waals surface area contributed by atoms with Crippen LogP contribution in [0.1, 0.15) is 11.4 Å². The largest absolute Gasteiger partial charge is 0.454 e. The molecule has 0 aliphatic carbocycles. The molecule has 0 radical (unpaired) electrons. The van der Waals surface area contributed by atoms with Crippen LogP contribution in [0, 0.1) is 6.92 Å². The predicted molar refractivity (Wildman–Crippen MR) is 119 cm³/mol. The Morgan fingerprint density at radius 2 is 1.66 bits per heavy atom. The topological polar surface area (TPSA) is 51.0 Å². The SMILES string of the molecule is C=C(Nc1cccc2c1oc1ccc(-c3cnc(C)nc3)cc12)c1ccccc1. The summed E-state index contributed by atoms with van der Waals surface area (Å²) in [6.45, 7) is 6.06. The summed E-state index contributed by atoms with van der Waals surface area (Å²) >= 11 is 0. The molecule has 0 aliphatic heterocycles. The van der Waals surface area contributed by atoms with Gasteiger partial charge in [0.05, 0.1) is 5.69 Å². The van der Waals surface area contributed by atoms with Crippen molar-refractivity contribution in [2.24, 2.45) is 0 Å². The van der Waals surface area contributed by atoms with Crippen LogP contribution in [0.25, 0.3) is 38.8 Å². The molecule has 0 fully saturated rings. The molecule has 1 N–H and O–H groups in total. The zero-order chi connectivity index (χ0) is 19.8. The number of hydrogen-bond donors (Lipinski definition) is 1. The van der Waals surface area contributed by atoms with E-state index >= 15 is 0 Å². The van der Waals surface area contributed by atoms with Crippen LogP contribution >= 0.6 is 0 Å². The third kappa shape index (κ3) is 3.15. The van der Waals surface area contributed by atoms with Gasteiger partial charge in [0.25, 0.3) is 0 Å². The molecule has 5 aromatic rings. The first-order valence-electron chi connectivity index (χ1n) is 9.45. The highest BCUT2D eigenvalue weighted by atomic mass is 16.3. The number of hydrogen-bond acceptors (Lipinski definition) is 4. The Morgan fingerprint density at radius 1 is 0.862 bits per heavy atom. The van der Waals surface area contributed by atoms with E-state index in [1.165, 1.54) is 0 Å². The Balaban J connectivity index is 1.58. The van der Waals surface area contributed by atoms with E-state index in [-0.39, 0.29) is 0 Å². The number of furan rings is 1. The normalized spacial score (nSPS) is 11.1. The summed E-state index contributed by atoms with van der Waals surface area (Å²) in [4.78, 5) is 8.61. The molecule has 0 aliphatic rings. The molecule has 0 atom stereocenters. The van der Waals surface area contributed by atoms with Crippen LogP contribution in [-0.2, 0) is 0 Å². The van der Waals surface area contributed by atoms with E-state index in [9.17, 15) is 0 Å². The van der Waals surface area contributed by atoms with Gasteiger partial charge < -0.3 is 9.73 Å². The van der Waals surface area contributed by atoms with Crippen LogP contribution in [0.15, 0.2) is 90.1 Å². The number of rotatable bonds is 4. The van der Waals surface area contributed by atoms with Gasteiger partial charge in [-0.25, -0.2) is 9.97 Å². The van der Waals surface area contributed by atoms with Gasteiger partial charge in [-0.2, -0.15) is 0 Å². The van der Waals surface area contributed by atoms with E-state index in [1.807, 2.05) is 73.9 Å². The van der Waals surface area contributed by atoms with Crippen molar-refractivity contribution in [2.75, 3.05) is 5.32 Å². The molecular weight excluding hydrogens is 358 g/mol. The molecule has 140 valence electrons. The second-order valence-electron chi connectivity index (χ2n) is 6.98. The summed E-state index contributed by atoms with van der Waals surface area (Å²) < 4.78 is 6.20. The first-order valence-corrected chi connectivity index (χ1v) is 9.45. The zero-order valence-electron chi connectivity index (χ0n) is 16.0. The summed E-state index contributed by atoms with van der Waals surface area (Å²) in [5.74, 6) is 0.762. The molecule has 0 unspecified atom stereocenters. The van der Waals surface area contributed by atoms with Crippen molar-refractivity contribution in [3.05, 3.63) is 97.1 Å². The lowest BCUT2D eigenvalue weighted by Crippen LogP contribution is -1.97. The molecule has 0 amide bonds. The number of aryl methyl sites for hydroxylation is 1. The molecule has 4 nitrogen and oxygen atoms in total. The molecule has 29 heavy (non-hydrogen) atoms. The molecule has 2 aromatic heterocycles. The fraction of sp³-hybridized carbons (Fsp3) is 0.0400. The van der Waals surface area contributed by atoms with Crippen molar-refractivity contribution in [3.63, 3.8) is 0 Å². The quantitative estimate of drug-likeness (QED) is 0.392. The third-order valence-corrected chi connectivity index (χ3v) is 5.02. The molecule has 0 saturated heterocycles. The van der Waals surface area contributed by atoms with Crippen molar-refractivity contribution in [3.8, 4) is 11.1 Å². The molecule has 2 heterocycles. The van der Waals surface area contributed by atoms with Crippen LogP contribution in [0.5, 0.6) is 0 Å². The molecule has 0 spiro atoms. The van der Waals surface area contributed by atoms with Crippen molar-refractivity contribution >= 4 is 33.3 Å². The number of benzene rings is 3. The minimum atomic E-state index is 0.762. The van der Waals surface area contributed by atoms with E-state index in [0.717, 1.165) is 55.8 Å². The van der Waals surface area contributed by atoms with Crippen molar-refractivity contribution in [1.82, 2.24) is 9.97 Å². The van der Waals surface area contributed by atoms with E-state index in [0.29, 0.717) is 0 Å². The van der Waals surface area contributed by atoms with Gasteiger partial charge in [-0.1, -0.05) is 55.1 Å². The molecule has 0 saturated carbocycles. The van der Waals surface area contributed by atoms with E-state index in [4.69, 9.17) is 4.42 Å². The van der Waals surface area contributed by atoms with Gasteiger partial charge in [0.2, 0.25) is 0 Å². The van der Waals surface area contributed by atoms with Gasteiger partial charge in [-0.05, 0) is 36.2 Å². The molecule has 0 bridgehead atoms. The van der Waals surface area contributed by atoms with Gasteiger partial charge >= 0.3 is 0 Å². The predicted octanol–water partition coefficient (Wildman–Crippen LogP) is 6.43. The lowest BCUT2D eigenvalue weighted by Gasteiger charge is -2.10. The summed E-state index contributed by atoms with van der Waals surface area (Å²) in [6.07, 6.45) is 3.70. The van der Waals surface area contributed by atoms with Gasteiger partial charge in [0.15, 0.2) is 5.58 Å². The minimum absolute atomic E-state index is 0.762. The molecule has 4 heteroatoms. The summed E-state index contributed by atoms with van der Waals surface area (Å²) in [5, 5.41) is 5.52. The van der Waals surface area contributed by atoms with E-state index in [2.05, 4.69) is 34.0 Å². The lowest BCUT2D eigenvalue weighted by atomic mass is 10.0. The maximum absolute atomic E-state index is 6.20. The minimum Gasteiger partial charge on any atom is -0.454 e. The average molecular weight is 377 g/mol. The van der Waals surface area contributed by atoms with Crippen LogP contribution in [0.2, 0.25) is 0 Å². The number of para-hydroxylation sites is 1. The number of aromatic nitrogens is 2. The van der Waals surface area contributed by atoms with Crippen LogP contribution < -0.4 is 5.32 Å². The summed E-state index contributed by atoms with van der Waals surface area (Å²) in [6, 6.07) is 22.3. The maximum atomic E-state index is 6.20. The molecular formula is C25H19N3O. The Bertz CT molecular complexity index is 1340. The smallest absolute Gasteiger partial charge is 0.158 e. The Kier molecular flexibility index (Phi) is 4.10. The fourth-order valence-electron chi connectivity index (χ4n) is 3.49. The van der Waals surface area contributed by atoms with Gasteiger partial charge in [0.1, 0.15) is 11.4 Å². The van der Waals surface area contributed by atoms with E-state index < -0.39 is 0 Å². The first kappa shape index (κ1) is 17.2. The van der Waals surface area contributed by atoms with Crippen molar-refractivity contribution < 1.29 is 4.42 Å². The van der Waals surface area contributed by atoms with Crippen LogP contribution in [0.3, 0.4) is 0 Å². The first-order chi connectivity index (χ1) is 14.2. The second kappa shape index (κ2) is 6.91. The lowest BCUT2D eigenvalue weighted by molar-refractivity contribution is 0.670. The van der Waals surface area contributed by atoms with Crippen molar-refractivity contribution in [1.29, 1.82) is 0 Å². The number of nitrogens with zero attached hydrogens (tertiary/aromatic N) is 2. The zero-order valence-corrected chi connectivity index (χ0v) is 16.0. The number of anilines is 1. The Morgan fingerprint density at radius 3 is 2.45 bits per heavy atom. The standard InChI is InChI=1S/C25H19N3O/c1-16(18-7-4-3-5-8-18)28-23-10-6-9-21-22-13-19(11-12-24(22)29-25(21)23)20-14-26-17(2)27-15-20/h3-15,28H,1H2,2H3. The number of fused-ring (bicyclic) bond motifs is 3. The highest BCUT2D eigenvalue weighted by molar-refractivity contribution is 6.10. The van der Waals surface area contributed by atoms with Gasteiger partial charge in [-0.15, -0.1) is 0 Å². The van der Waals surface area contributed by atoms with Crippen molar-refractivity contribution in [2.45, 2.75) is 6.92 Å². The fourth-order valence-corrected chi connectivity index (χ4v) is 3.49. The second-order valence-corrected chi connectivity index (χ2v) is 6.98. The van der Waals surface area contributed by atoms with Gasteiger partial charge in [-0.3, -0.25) is 0 Å². The number of nitrogens with one attached hydrogen (secondary N) is 1. The van der Waals surface area contributed by atoms with Crippen LogP contribution in [0.4, 0.5) is 5.69 Å². The summed E-state index contributed by atoms with van der Waals surface area (Å²) in [5.41, 5.74) is 6.48. The average Bonchev–Trinajstić information content (AvgIpc) is 3.14.